The van der Waals surface area contributed by atoms with Crippen LogP contribution in [0.25, 0.3) is 5.69 Å². The van der Waals surface area contributed by atoms with Crippen molar-refractivity contribution < 1.29 is 17.9 Å². The Labute approximate surface area is 178 Å². The highest BCUT2D eigenvalue weighted by molar-refractivity contribution is 7.89. The molecule has 0 radical (unpaired) electrons. The number of carbonyl (C=O) groups excluding carboxylic acids is 1. The average molecular weight is 435 g/mol. The van der Waals surface area contributed by atoms with E-state index >= 15 is 0 Å². The van der Waals surface area contributed by atoms with E-state index in [1.807, 2.05) is 62.7 Å². The first-order chi connectivity index (χ1) is 14.2. The van der Waals surface area contributed by atoms with Crippen LogP contribution < -0.4 is 5.32 Å². The van der Waals surface area contributed by atoms with E-state index < -0.39 is 10.0 Å². The molecule has 0 saturated carbocycles. The second kappa shape index (κ2) is 9.28. The maximum atomic E-state index is 12.6. The van der Waals surface area contributed by atoms with Crippen LogP contribution in [0.15, 0.2) is 30.3 Å². The van der Waals surface area contributed by atoms with E-state index in [0.29, 0.717) is 13.1 Å². The van der Waals surface area contributed by atoms with Gasteiger partial charge in [0.05, 0.1) is 35.8 Å². The number of morpholine rings is 1. The van der Waals surface area contributed by atoms with Gasteiger partial charge < -0.3 is 10.1 Å². The Morgan fingerprint density at radius 2 is 1.80 bits per heavy atom. The normalized spacial score (nSPS) is 20.3. The summed E-state index contributed by atoms with van der Waals surface area (Å²) in [6, 6.07) is 9.74. The molecule has 0 bridgehead atoms. The van der Waals surface area contributed by atoms with Gasteiger partial charge in [-0.05, 0) is 39.8 Å². The third kappa shape index (κ3) is 5.27. The Bertz CT molecular complexity index is 978. The Balaban J connectivity index is 1.57. The summed E-state index contributed by atoms with van der Waals surface area (Å²) in [5, 5.41) is 7.29. The molecule has 1 saturated heterocycles. The van der Waals surface area contributed by atoms with Crippen LogP contribution in [0.3, 0.4) is 0 Å². The zero-order valence-electron chi connectivity index (χ0n) is 18.0. The Morgan fingerprint density at radius 1 is 1.17 bits per heavy atom. The molecule has 0 unspecified atom stereocenters. The van der Waals surface area contributed by atoms with E-state index in [1.165, 1.54) is 4.31 Å². The summed E-state index contributed by atoms with van der Waals surface area (Å²) < 4.78 is 34.1. The quantitative estimate of drug-likeness (QED) is 0.714. The molecule has 1 amide bonds. The summed E-state index contributed by atoms with van der Waals surface area (Å²) in [6.07, 6.45) is -0.105. The van der Waals surface area contributed by atoms with E-state index in [9.17, 15) is 13.2 Å². The fourth-order valence-corrected chi connectivity index (χ4v) is 5.27. The van der Waals surface area contributed by atoms with Gasteiger partial charge in [0.15, 0.2) is 0 Å². The molecule has 9 heteroatoms. The number of nitrogens with one attached hydrogen (secondary N) is 1. The summed E-state index contributed by atoms with van der Waals surface area (Å²) in [5.74, 6) is -0.341. The highest BCUT2D eigenvalue weighted by Crippen LogP contribution is 2.18. The summed E-state index contributed by atoms with van der Waals surface area (Å²) in [7, 11) is -3.44. The fraction of sp³-hybridized carbons (Fsp3) is 0.524. The number of benzene rings is 1. The van der Waals surface area contributed by atoms with Crippen molar-refractivity contribution in [2.24, 2.45) is 0 Å². The summed E-state index contributed by atoms with van der Waals surface area (Å²) in [6.45, 7) is 8.29. The number of carbonyl (C=O) groups is 1. The lowest BCUT2D eigenvalue weighted by molar-refractivity contribution is -0.120. The predicted molar refractivity (Wildman–Crippen MR) is 115 cm³/mol. The molecule has 1 fully saturated rings. The van der Waals surface area contributed by atoms with Crippen molar-refractivity contribution in [1.29, 1.82) is 0 Å². The van der Waals surface area contributed by atoms with Gasteiger partial charge in [-0.15, -0.1) is 0 Å². The van der Waals surface area contributed by atoms with Crippen LogP contribution in [0.2, 0.25) is 0 Å². The number of sulfonamides is 1. The molecule has 0 aliphatic carbocycles. The lowest BCUT2D eigenvalue weighted by Crippen LogP contribution is -2.49. The number of ether oxygens (including phenoxy) is 1. The lowest BCUT2D eigenvalue weighted by Gasteiger charge is -2.34. The number of rotatable bonds is 7. The van der Waals surface area contributed by atoms with Crippen LogP contribution in [0.5, 0.6) is 0 Å². The summed E-state index contributed by atoms with van der Waals surface area (Å²) in [5.41, 5.74) is 3.48. The van der Waals surface area contributed by atoms with E-state index in [0.717, 1.165) is 22.6 Å². The van der Waals surface area contributed by atoms with Gasteiger partial charge >= 0.3 is 0 Å². The van der Waals surface area contributed by atoms with Gasteiger partial charge in [-0.1, -0.05) is 18.2 Å². The second-order valence-corrected chi connectivity index (χ2v) is 9.90. The first kappa shape index (κ1) is 22.5. The zero-order chi connectivity index (χ0) is 21.9. The van der Waals surface area contributed by atoms with Crippen molar-refractivity contribution in [2.45, 2.75) is 46.3 Å². The molecular weight excluding hydrogens is 404 g/mol. The van der Waals surface area contributed by atoms with Crippen LogP contribution in [0.1, 0.15) is 30.8 Å². The minimum Gasteiger partial charge on any atom is -0.373 e. The molecule has 30 heavy (non-hydrogen) atoms. The number of nitrogens with zero attached hydrogens (tertiary/aromatic N) is 3. The maximum absolute atomic E-state index is 12.6. The molecule has 3 rings (SSSR count). The van der Waals surface area contributed by atoms with Crippen molar-refractivity contribution >= 4 is 15.9 Å². The van der Waals surface area contributed by atoms with Gasteiger partial charge in [0, 0.05) is 30.9 Å². The maximum Gasteiger partial charge on any atom is 0.224 e. The number of aromatic nitrogens is 2. The van der Waals surface area contributed by atoms with Gasteiger partial charge in [-0.2, -0.15) is 9.40 Å². The molecule has 1 aliphatic heterocycles. The minimum absolute atomic E-state index is 0.0756. The topological polar surface area (TPSA) is 93.5 Å². The standard InChI is InChI=1S/C21H30N4O4S/c1-15-13-24(14-16(2)29-15)30(27,28)11-10-22-21(26)12-20-17(3)23-25(18(20)4)19-8-6-5-7-9-19/h5-9,15-16H,10-14H2,1-4H3,(H,22,26)/t15-,16-/m1/s1. The number of hydrogen-bond donors (Lipinski definition) is 1. The van der Waals surface area contributed by atoms with Crippen molar-refractivity contribution in [3.8, 4) is 5.69 Å². The summed E-state index contributed by atoms with van der Waals surface area (Å²) >= 11 is 0. The smallest absolute Gasteiger partial charge is 0.224 e. The van der Waals surface area contributed by atoms with Crippen LogP contribution in [-0.2, 0) is 26.0 Å². The highest BCUT2D eigenvalue weighted by atomic mass is 32.2. The van der Waals surface area contributed by atoms with E-state index in [-0.39, 0.29) is 36.8 Å². The Morgan fingerprint density at radius 3 is 2.43 bits per heavy atom. The molecule has 164 valence electrons. The van der Waals surface area contributed by atoms with Gasteiger partial charge in [0.1, 0.15) is 0 Å². The molecule has 2 heterocycles. The first-order valence-corrected chi connectivity index (χ1v) is 11.8. The minimum atomic E-state index is -3.44. The predicted octanol–water partition coefficient (Wildman–Crippen LogP) is 1.59. The summed E-state index contributed by atoms with van der Waals surface area (Å²) in [4.78, 5) is 12.5. The molecule has 2 aromatic rings. The van der Waals surface area contributed by atoms with E-state index in [4.69, 9.17) is 4.74 Å². The number of aryl methyl sites for hydroxylation is 1. The molecule has 1 N–H and O–H groups in total. The van der Waals surface area contributed by atoms with Gasteiger partial charge in [-0.25, -0.2) is 13.1 Å². The zero-order valence-corrected chi connectivity index (χ0v) is 18.8. The lowest BCUT2D eigenvalue weighted by atomic mass is 10.1. The van der Waals surface area contributed by atoms with Crippen molar-refractivity contribution in [2.75, 3.05) is 25.4 Å². The van der Waals surface area contributed by atoms with E-state index in [2.05, 4.69) is 10.4 Å². The van der Waals surface area contributed by atoms with Gasteiger partial charge in [0.25, 0.3) is 0 Å². The molecule has 1 aromatic heterocycles. The molecule has 1 aliphatic rings. The second-order valence-electron chi connectivity index (χ2n) is 7.81. The first-order valence-electron chi connectivity index (χ1n) is 10.2. The molecule has 2 atom stereocenters. The molecule has 8 nitrogen and oxygen atoms in total. The van der Waals surface area contributed by atoms with Crippen LogP contribution in [0, 0.1) is 13.8 Å². The van der Waals surface area contributed by atoms with Crippen molar-refractivity contribution in [3.63, 3.8) is 0 Å². The van der Waals surface area contributed by atoms with Crippen molar-refractivity contribution in [3.05, 3.63) is 47.3 Å². The highest BCUT2D eigenvalue weighted by Gasteiger charge is 2.30. The third-order valence-electron chi connectivity index (χ3n) is 5.24. The largest absolute Gasteiger partial charge is 0.373 e. The van der Waals surface area contributed by atoms with E-state index in [1.54, 1.807) is 0 Å². The number of para-hydroxylation sites is 1. The Hall–Kier alpha value is -2.23. The van der Waals surface area contributed by atoms with Crippen molar-refractivity contribution in [1.82, 2.24) is 19.4 Å². The van der Waals surface area contributed by atoms with Gasteiger partial charge in [-0.3, -0.25) is 4.79 Å². The molecular formula is C21H30N4O4S. The van der Waals surface area contributed by atoms with Crippen LogP contribution in [0.4, 0.5) is 0 Å². The van der Waals surface area contributed by atoms with Gasteiger partial charge in [0.2, 0.25) is 15.9 Å². The fourth-order valence-electron chi connectivity index (χ4n) is 3.78. The average Bonchev–Trinajstić information content (AvgIpc) is 2.96. The van der Waals surface area contributed by atoms with Crippen LogP contribution in [-0.4, -0.2) is 66.0 Å². The number of amides is 1. The molecule has 1 aromatic carbocycles. The Kier molecular flexibility index (Phi) is 6.95. The van der Waals surface area contributed by atoms with Crippen LogP contribution >= 0.6 is 0 Å². The number of hydrogen-bond acceptors (Lipinski definition) is 5. The SMILES string of the molecule is Cc1nn(-c2ccccc2)c(C)c1CC(=O)NCCS(=O)(=O)N1C[C@@H](C)O[C@H](C)C1. The third-order valence-corrected chi connectivity index (χ3v) is 7.05. The molecule has 0 spiro atoms. The monoisotopic (exact) mass is 434 g/mol.